The molecule has 3 aromatic heterocycles. The van der Waals surface area contributed by atoms with Gasteiger partial charge in [-0.3, -0.25) is 4.98 Å². The standard InChI is InChI=1S/C19H18ClN5S/c1-11-5-12(2)18(22-7-11)14-6-17(21-9-15(14)20)25-4-3-16-13(10-25)8-23-19(26)24-16/h5-9H,3-4,10H2,1-2H3,(H,23,24,26). The second-order valence-corrected chi connectivity index (χ2v) is 7.36. The van der Waals surface area contributed by atoms with E-state index in [4.69, 9.17) is 23.8 Å². The molecule has 7 heteroatoms. The van der Waals surface area contributed by atoms with Crippen LogP contribution in [0.2, 0.25) is 5.02 Å². The lowest BCUT2D eigenvalue weighted by atomic mass is 10.0. The van der Waals surface area contributed by atoms with Gasteiger partial charge in [-0.15, -0.1) is 0 Å². The molecule has 0 unspecified atom stereocenters. The molecule has 0 spiro atoms. The minimum Gasteiger partial charge on any atom is -0.352 e. The van der Waals surface area contributed by atoms with Crippen molar-refractivity contribution in [2.24, 2.45) is 0 Å². The molecule has 0 aromatic carbocycles. The largest absolute Gasteiger partial charge is 0.352 e. The number of halogens is 1. The first-order valence-corrected chi connectivity index (χ1v) is 9.21. The average molecular weight is 384 g/mol. The predicted octanol–water partition coefficient (Wildman–Crippen LogP) is 4.43. The molecule has 0 saturated heterocycles. The fourth-order valence-electron chi connectivity index (χ4n) is 3.32. The highest BCUT2D eigenvalue weighted by molar-refractivity contribution is 7.71. The van der Waals surface area contributed by atoms with Crippen LogP contribution in [0.15, 0.2) is 30.7 Å². The number of hydrogen-bond acceptors (Lipinski definition) is 5. The third-order valence-corrected chi connectivity index (χ3v) is 5.12. The summed E-state index contributed by atoms with van der Waals surface area (Å²) in [6.45, 7) is 5.68. The number of hydrogen-bond donors (Lipinski definition) is 1. The molecule has 0 amide bonds. The van der Waals surface area contributed by atoms with Gasteiger partial charge in [0.1, 0.15) is 5.82 Å². The van der Waals surface area contributed by atoms with Gasteiger partial charge in [0.05, 0.1) is 10.7 Å². The van der Waals surface area contributed by atoms with Gasteiger partial charge in [-0.1, -0.05) is 17.7 Å². The normalized spacial score (nSPS) is 13.6. The predicted molar refractivity (Wildman–Crippen MR) is 106 cm³/mol. The summed E-state index contributed by atoms with van der Waals surface area (Å²) in [4.78, 5) is 18.7. The molecule has 5 nitrogen and oxygen atoms in total. The maximum Gasteiger partial charge on any atom is 0.196 e. The number of H-pyrrole nitrogens is 1. The Morgan fingerprint density at radius 2 is 1.96 bits per heavy atom. The topological polar surface area (TPSA) is 57.7 Å². The third kappa shape index (κ3) is 3.22. The van der Waals surface area contributed by atoms with Crippen molar-refractivity contribution in [1.82, 2.24) is 19.9 Å². The SMILES string of the molecule is Cc1cnc(-c2cc(N3CCc4[nH]c(=S)ncc4C3)ncc2Cl)c(C)c1. The first kappa shape index (κ1) is 17.1. The highest BCUT2D eigenvalue weighted by atomic mass is 35.5. The van der Waals surface area contributed by atoms with Gasteiger partial charge in [-0.25, -0.2) is 9.97 Å². The van der Waals surface area contributed by atoms with E-state index in [2.05, 4.69) is 37.8 Å². The van der Waals surface area contributed by atoms with Crippen LogP contribution in [-0.2, 0) is 13.0 Å². The molecule has 1 N–H and O–H groups in total. The molecule has 0 bridgehead atoms. The van der Waals surface area contributed by atoms with Gasteiger partial charge < -0.3 is 9.88 Å². The molecular weight excluding hydrogens is 366 g/mol. The van der Waals surface area contributed by atoms with E-state index in [1.165, 1.54) is 0 Å². The molecule has 0 radical (unpaired) electrons. The Morgan fingerprint density at radius 3 is 2.77 bits per heavy atom. The lowest BCUT2D eigenvalue weighted by Gasteiger charge is -2.29. The van der Waals surface area contributed by atoms with Crippen molar-refractivity contribution in [1.29, 1.82) is 0 Å². The van der Waals surface area contributed by atoms with Crippen LogP contribution in [0.5, 0.6) is 0 Å². The number of anilines is 1. The second-order valence-electron chi connectivity index (χ2n) is 6.56. The molecule has 0 fully saturated rings. The van der Waals surface area contributed by atoms with Crippen molar-refractivity contribution >= 4 is 29.6 Å². The van der Waals surface area contributed by atoms with Crippen LogP contribution in [0, 0.1) is 18.6 Å². The molecule has 4 heterocycles. The summed E-state index contributed by atoms with van der Waals surface area (Å²) >= 11 is 11.5. The highest BCUT2D eigenvalue weighted by Crippen LogP contribution is 2.32. The Morgan fingerprint density at radius 1 is 1.12 bits per heavy atom. The Labute approximate surface area is 162 Å². The van der Waals surface area contributed by atoms with Crippen molar-refractivity contribution in [2.45, 2.75) is 26.8 Å². The molecule has 132 valence electrons. The van der Waals surface area contributed by atoms with Crippen LogP contribution in [-0.4, -0.2) is 26.5 Å². The minimum absolute atomic E-state index is 0.532. The zero-order chi connectivity index (χ0) is 18.3. The summed E-state index contributed by atoms with van der Waals surface area (Å²) in [5.74, 6) is 0.888. The molecule has 26 heavy (non-hydrogen) atoms. The third-order valence-electron chi connectivity index (χ3n) is 4.61. The average Bonchev–Trinajstić information content (AvgIpc) is 2.62. The quantitative estimate of drug-likeness (QED) is 0.663. The van der Waals surface area contributed by atoms with Crippen LogP contribution >= 0.6 is 23.8 Å². The maximum absolute atomic E-state index is 6.43. The monoisotopic (exact) mass is 383 g/mol. The molecular formula is C19H18ClN5S. The van der Waals surface area contributed by atoms with Crippen LogP contribution < -0.4 is 4.90 Å². The van der Waals surface area contributed by atoms with Crippen molar-refractivity contribution in [2.75, 3.05) is 11.4 Å². The van der Waals surface area contributed by atoms with E-state index in [0.717, 1.165) is 59.0 Å². The van der Waals surface area contributed by atoms with E-state index in [1.807, 2.05) is 25.4 Å². The lowest BCUT2D eigenvalue weighted by Crippen LogP contribution is -2.31. The highest BCUT2D eigenvalue weighted by Gasteiger charge is 2.20. The van der Waals surface area contributed by atoms with E-state index >= 15 is 0 Å². The van der Waals surface area contributed by atoms with Gasteiger partial charge in [-0.2, -0.15) is 0 Å². The number of nitrogens with zero attached hydrogens (tertiary/aromatic N) is 4. The molecule has 3 aromatic rings. The van der Waals surface area contributed by atoms with Gasteiger partial charge in [0, 0.05) is 54.9 Å². The van der Waals surface area contributed by atoms with Crippen molar-refractivity contribution in [3.63, 3.8) is 0 Å². The Hall–Kier alpha value is -2.31. The van der Waals surface area contributed by atoms with Gasteiger partial charge in [0.2, 0.25) is 0 Å². The Kier molecular flexibility index (Phi) is 4.46. The lowest BCUT2D eigenvalue weighted by molar-refractivity contribution is 0.694. The summed E-state index contributed by atoms with van der Waals surface area (Å²) in [5.41, 5.74) is 6.34. The molecule has 0 aliphatic carbocycles. The van der Waals surface area contributed by atoms with Gasteiger partial charge in [-0.05, 0) is 43.3 Å². The van der Waals surface area contributed by atoms with Crippen molar-refractivity contribution < 1.29 is 0 Å². The number of aromatic nitrogens is 4. The maximum atomic E-state index is 6.43. The summed E-state index contributed by atoms with van der Waals surface area (Å²) in [5, 5.41) is 0.608. The zero-order valence-corrected chi connectivity index (χ0v) is 16.2. The summed E-state index contributed by atoms with van der Waals surface area (Å²) in [7, 11) is 0. The fourth-order valence-corrected chi connectivity index (χ4v) is 3.69. The summed E-state index contributed by atoms with van der Waals surface area (Å²) < 4.78 is 0.532. The van der Waals surface area contributed by atoms with Crippen LogP contribution in [0.25, 0.3) is 11.3 Å². The Balaban J connectivity index is 1.70. The number of nitrogens with one attached hydrogen (secondary N) is 1. The van der Waals surface area contributed by atoms with Gasteiger partial charge >= 0.3 is 0 Å². The molecule has 0 saturated carbocycles. The molecule has 0 atom stereocenters. The van der Waals surface area contributed by atoms with Crippen molar-refractivity contribution in [3.05, 3.63) is 62.9 Å². The summed E-state index contributed by atoms with van der Waals surface area (Å²) in [6, 6.07) is 4.14. The number of fused-ring (bicyclic) bond motifs is 1. The molecule has 1 aliphatic rings. The van der Waals surface area contributed by atoms with Crippen LogP contribution in [0.3, 0.4) is 0 Å². The van der Waals surface area contributed by atoms with E-state index in [-0.39, 0.29) is 0 Å². The zero-order valence-electron chi connectivity index (χ0n) is 14.6. The second kappa shape index (κ2) is 6.78. The van der Waals surface area contributed by atoms with Crippen LogP contribution in [0.1, 0.15) is 22.4 Å². The van der Waals surface area contributed by atoms with E-state index in [9.17, 15) is 0 Å². The van der Waals surface area contributed by atoms with E-state index < -0.39 is 0 Å². The molecule has 1 aliphatic heterocycles. The summed E-state index contributed by atoms with van der Waals surface area (Å²) in [6.07, 6.45) is 6.30. The number of pyridine rings is 2. The van der Waals surface area contributed by atoms with E-state index in [1.54, 1.807) is 6.20 Å². The number of aryl methyl sites for hydroxylation is 2. The first-order valence-electron chi connectivity index (χ1n) is 8.42. The first-order chi connectivity index (χ1) is 12.5. The molecule has 4 rings (SSSR count). The fraction of sp³-hybridized carbons (Fsp3) is 0.263. The smallest absolute Gasteiger partial charge is 0.196 e. The number of rotatable bonds is 2. The van der Waals surface area contributed by atoms with Gasteiger partial charge in [0.25, 0.3) is 0 Å². The Bertz CT molecular complexity index is 1050. The van der Waals surface area contributed by atoms with E-state index in [0.29, 0.717) is 9.79 Å². The van der Waals surface area contributed by atoms with Crippen molar-refractivity contribution in [3.8, 4) is 11.3 Å². The van der Waals surface area contributed by atoms with Crippen LogP contribution in [0.4, 0.5) is 5.82 Å². The minimum atomic E-state index is 0.532. The number of aromatic amines is 1. The van der Waals surface area contributed by atoms with Gasteiger partial charge in [0.15, 0.2) is 4.77 Å².